The SMILES string of the molecule is CCOC(=O)C(=O)c1cccc2c1CCC(C)O2. The molecule has 1 aromatic carbocycles. The van der Waals surface area contributed by atoms with Gasteiger partial charge in [-0.1, -0.05) is 12.1 Å². The Bertz CT molecular complexity index is 479. The predicted molar refractivity (Wildman–Crippen MR) is 65.8 cm³/mol. The van der Waals surface area contributed by atoms with E-state index in [4.69, 9.17) is 9.47 Å². The van der Waals surface area contributed by atoms with Gasteiger partial charge in [0.25, 0.3) is 5.78 Å². The highest BCUT2D eigenvalue weighted by Crippen LogP contribution is 2.30. The number of carbonyl (C=O) groups excluding carboxylic acids is 2. The lowest BCUT2D eigenvalue weighted by molar-refractivity contribution is -0.137. The molecule has 0 bridgehead atoms. The maximum Gasteiger partial charge on any atom is 0.379 e. The van der Waals surface area contributed by atoms with Crippen LogP contribution in [0.1, 0.15) is 36.2 Å². The molecule has 1 unspecified atom stereocenters. The zero-order valence-corrected chi connectivity index (χ0v) is 10.6. The van der Waals surface area contributed by atoms with Crippen molar-refractivity contribution in [2.75, 3.05) is 6.61 Å². The second-order valence-electron chi connectivity index (χ2n) is 4.30. The van der Waals surface area contributed by atoms with Crippen LogP contribution in [-0.4, -0.2) is 24.5 Å². The molecular weight excluding hydrogens is 232 g/mol. The molecule has 18 heavy (non-hydrogen) atoms. The minimum absolute atomic E-state index is 0.144. The Morgan fingerprint density at radius 1 is 1.44 bits per heavy atom. The summed E-state index contributed by atoms with van der Waals surface area (Å²) in [5, 5.41) is 0. The van der Waals surface area contributed by atoms with E-state index < -0.39 is 11.8 Å². The average molecular weight is 248 g/mol. The molecule has 0 saturated carbocycles. The number of hydrogen-bond acceptors (Lipinski definition) is 4. The summed E-state index contributed by atoms with van der Waals surface area (Å²) in [6, 6.07) is 5.20. The van der Waals surface area contributed by atoms with Gasteiger partial charge in [-0.05, 0) is 32.8 Å². The van der Waals surface area contributed by atoms with E-state index in [9.17, 15) is 9.59 Å². The van der Waals surface area contributed by atoms with Crippen molar-refractivity contribution in [1.82, 2.24) is 0 Å². The van der Waals surface area contributed by atoms with E-state index in [-0.39, 0.29) is 12.7 Å². The zero-order chi connectivity index (χ0) is 13.1. The largest absolute Gasteiger partial charge is 0.490 e. The molecule has 0 aliphatic carbocycles. The number of carbonyl (C=O) groups is 2. The van der Waals surface area contributed by atoms with Crippen molar-refractivity contribution in [3.05, 3.63) is 29.3 Å². The standard InChI is InChI=1S/C14H16O4/c1-3-17-14(16)13(15)11-5-4-6-12-10(11)8-7-9(2)18-12/h4-6,9H,3,7-8H2,1-2H3. The third-order valence-corrected chi connectivity index (χ3v) is 2.97. The van der Waals surface area contributed by atoms with Crippen molar-refractivity contribution in [3.8, 4) is 5.75 Å². The second kappa shape index (κ2) is 5.21. The number of ketones is 1. The number of benzene rings is 1. The molecule has 96 valence electrons. The fourth-order valence-corrected chi connectivity index (χ4v) is 2.08. The molecule has 0 fully saturated rings. The van der Waals surface area contributed by atoms with E-state index in [1.54, 1.807) is 19.1 Å². The molecule has 1 atom stereocenters. The summed E-state index contributed by atoms with van der Waals surface area (Å²) in [6.07, 6.45) is 1.74. The summed E-state index contributed by atoms with van der Waals surface area (Å²) >= 11 is 0. The monoisotopic (exact) mass is 248 g/mol. The van der Waals surface area contributed by atoms with Crippen molar-refractivity contribution in [2.24, 2.45) is 0 Å². The first-order valence-electron chi connectivity index (χ1n) is 6.13. The van der Waals surface area contributed by atoms with E-state index in [0.717, 1.165) is 18.4 Å². The molecule has 1 aromatic rings. The van der Waals surface area contributed by atoms with Gasteiger partial charge in [0, 0.05) is 11.1 Å². The Kier molecular flexibility index (Phi) is 3.65. The molecule has 0 N–H and O–H groups in total. The minimum Gasteiger partial charge on any atom is -0.490 e. The van der Waals surface area contributed by atoms with Gasteiger partial charge in [-0.25, -0.2) is 4.79 Å². The van der Waals surface area contributed by atoms with Crippen molar-refractivity contribution in [1.29, 1.82) is 0 Å². The van der Waals surface area contributed by atoms with Crippen LogP contribution >= 0.6 is 0 Å². The van der Waals surface area contributed by atoms with Crippen molar-refractivity contribution < 1.29 is 19.1 Å². The lowest BCUT2D eigenvalue weighted by atomic mass is 9.95. The highest BCUT2D eigenvalue weighted by molar-refractivity contribution is 6.41. The molecule has 4 nitrogen and oxygen atoms in total. The Labute approximate surface area is 106 Å². The van der Waals surface area contributed by atoms with Gasteiger partial charge in [0.1, 0.15) is 5.75 Å². The summed E-state index contributed by atoms with van der Waals surface area (Å²) < 4.78 is 10.4. The fourth-order valence-electron chi connectivity index (χ4n) is 2.08. The van der Waals surface area contributed by atoms with Crippen LogP contribution in [-0.2, 0) is 16.0 Å². The quantitative estimate of drug-likeness (QED) is 0.467. The van der Waals surface area contributed by atoms with Crippen LogP contribution in [0, 0.1) is 0 Å². The Morgan fingerprint density at radius 2 is 2.22 bits per heavy atom. The van der Waals surface area contributed by atoms with Gasteiger partial charge in [0.15, 0.2) is 0 Å². The number of Topliss-reactive ketones (excluding diaryl/α,β-unsaturated/α-hetero) is 1. The predicted octanol–water partition coefficient (Wildman–Crippen LogP) is 2.15. The van der Waals surface area contributed by atoms with Gasteiger partial charge in [0.05, 0.1) is 12.7 Å². The number of fused-ring (bicyclic) bond motifs is 1. The molecule has 0 spiro atoms. The van der Waals surface area contributed by atoms with E-state index in [1.165, 1.54) is 0 Å². The van der Waals surface area contributed by atoms with Gasteiger partial charge in [-0.3, -0.25) is 4.79 Å². The summed E-state index contributed by atoms with van der Waals surface area (Å²) in [7, 11) is 0. The van der Waals surface area contributed by atoms with Crippen LogP contribution in [0.25, 0.3) is 0 Å². The van der Waals surface area contributed by atoms with E-state index in [1.807, 2.05) is 13.0 Å². The van der Waals surface area contributed by atoms with Crippen LogP contribution < -0.4 is 4.74 Å². The molecule has 0 saturated heterocycles. The summed E-state index contributed by atoms with van der Waals surface area (Å²) in [4.78, 5) is 23.4. The first kappa shape index (κ1) is 12.6. The minimum atomic E-state index is -0.801. The highest BCUT2D eigenvalue weighted by atomic mass is 16.5. The van der Waals surface area contributed by atoms with Crippen LogP contribution in [0.3, 0.4) is 0 Å². The number of hydrogen-bond donors (Lipinski definition) is 0. The molecular formula is C14H16O4. The number of rotatable bonds is 3. The zero-order valence-electron chi connectivity index (χ0n) is 10.6. The van der Waals surface area contributed by atoms with Gasteiger partial charge in [-0.2, -0.15) is 0 Å². The fraction of sp³-hybridized carbons (Fsp3) is 0.429. The van der Waals surface area contributed by atoms with Crippen molar-refractivity contribution in [3.63, 3.8) is 0 Å². The van der Waals surface area contributed by atoms with Crippen LogP contribution in [0.2, 0.25) is 0 Å². The van der Waals surface area contributed by atoms with E-state index in [2.05, 4.69) is 0 Å². The second-order valence-corrected chi connectivity index (χ2v) is 4.30. The molecule has 4 heteroatoms. The lowest BCUT2D eigenvalue weighted by Crippen LogP contribution is -2.24. The Balaban J connectivity index is 2.32. The number of esters is 1. The van der Waals surface area contributed by atoms with Gasteiger partial charge in [0.2, 0.25) is 0 Å². The molecule has 1 heterocycles. The summed E-state index contributed by atoms with van der Waals surface area (Å²) in [5.41, 5.74) is 1.21. The Morgan fingerprint density at radius 3 is 2.94 bits per heavy atom. The Hall–Kier alpha value is -1.84. The molecule has 1 aliphatic rings. The molecule has 2 rings (SSSR count). The molecule has 1 aliphatic heterocycles. The van der Waals surface area contributed by atoms with Crippen molar-refractivity contribution >= 4 is 11.8 Å². The lowest BCUT2D eigenvalue weighted by Gasteiger charge is -2.24. The summed E-state index contributed by atoms with van der Waals surface area (Å²) in [5.74, 6) is -0.694. The van der Waals surface area contributed by atoms with E-state index >= 15 is 0 Å². The van der Waals surface area contributed by atoms with Crippen LogP contribution in [0.4, 0.5) is 0 Å². The third kappa shape index (κ3) is 2.37. The smallest absolute Gasteiger partial charge is 0.379 e. The van der Waals surface area contributed by atoms with Crippen molar-refractivity contribution in [2.45, 2.75) is 32.8 Å². The molecule has 0 amide bonds. The van der Waals surface area contributed by atoms with Gasteiger partial charge >= 0.3 is 5.97 Å². The topological polar surface area (TPSA) is 52.6 Å². The normalized spacial score (nSPS) is 17.6. The molecule has 0 radical (unpaired) electrons. The maximum absolute atomic E-state index is 12.0. The first-order chi connectivity index (χ1) is 8.63. The highest BCUT2D eigenvalue weighted by Gasteiger charge is 2.25. The third-order valence-electron chi connectivity index (χ3n) is 2.97. The van der Waals surface area contributed by atoms with Crippen LogP contribution in [0.15, 0.2) is 18.2 Å². The molecule has 0 aromatic heterocycles. The van der Waals surface area contributed by atoms with Gasteiger partial charge in [-0.15, -0.1) is 0 Å². The first-order valence-corrected chi connectivity index (χ1v) is 6.13. The number of ether oxygens (including phenoxy) is 2. The average Bonchev–Trinajstić information content (AvgIpc) is 2.37. The summed E-state index contributed by atoms with van der Waals surface area (Å²) in [6.45, 7) is 3.87. The van der Waals surface area contributed by atoms with E-state index in [0.29, 0.717) is 11.3 Å². The van der Waals surface area contributed by atoms with Gasteiger partial charge < -0.3 is 9.47 Å². The van der Waals surface area contributed by atoms with Crippen LogP contribution in [0.5, 0.6) is 5.75 Å². The maximum atomic E-state index is 12.0.